The smallest absolute Gasteiger partial charge is 0.106 e. The number of hydrogen-bond acceptors (Lipinski definition) is 2. The van der Waals surface area contributed by atoms with Crippen LogP contribution in [0.3, 0.4) is 0 Å². The molecular weight excluding hydrogens is 222 g/mol. The molecule has 0 amide bonds. The molecule has 1 atom stereocenters. The highest BCUT2D eigenvalue weighted by Crippen LogP contribution is 2.30. The van der Waals surface area contributed by atoms with Crippen LogP contribution in [0.5, 0.6) is 0 Å². The van der Waals surface area contributed by atoms with Gasteiger partial charge in [0.05, 0.1) is 4.83 Å². The highest BCUT2D eigenvalue weighted by molar-refractivity contribution is 9.09. The average Bonchev–Trinajstić information content (AvgIpc) is 2.35. The Morgan fingerprint density at radius 2 is 2.36 bits per heavy atom. The van der Waals surface area contributed by atoms with E-state index in [1.54, 1.807) is 11.3 Å². The van der Waals surface area contributed by atoms with E-state index >= 15 is 0 Å². The van der Waals surface area contributed by atoms with Crippen LogP contribution in [0.4, 0.5) is 0 Å². The predicted molar refractivity (Wildman–Crippen MR) is 53.2 cm³/mol. The molecule has 11 heavy (non-hydrogen) atoms. The van der Waals surface area contributed by atoms with Gasteiger partial charge in [-0.05, 0) is 12.3 Å². The number of aromatic nitrogens is 1. The molecule has 1 nitrogen and oxygen atoms in total. The molecule has 1 heterocycles. The summed E-state index contributed by atoms with van der Waals surface area (Å²) >= 11 is 5.33. The summed E-state index contributed by atoms with van der Waals surface area (Å²) in [5, 5.41) is 3.21. The van der Waals surface area contributed by atoms with Crippen LogP contribution >= 0.6 is 27.3 Å². The van der Waals surface area contributed by atoms with Gasteiger partial charge in [-0.3, -0.25) is 0 Å². The average molecular weight is 234 g/mol. The normalized spacial score (nSPS) is 13.8. The van der Waals surface area contributed by atoms with E-state index in [9.17, 15) is 0 Å². The quantitative estimate of drug-likeness (QED) is 0.728. The third kappa shape index (κ3) is 2.91. The summed E-state index contributed by atoms with van der Waals surface area (Å²) in [6.07, 6.45) is 3.02. The minimum Gasteiger partial charge on any atom is -0.249 e. The van der Waals surface area contributed by atoms with Gasteiger partial charge in [-0.2, -0.15) is 0 Å². The number of rotatable bonds is 3. The molecule has 0 spiro atoms. The monoisotopic (exact) mass is 233 g/mol. The summed E-state index contributed by atoms with van der Waals surface area (Å²) in [4.78, 5) is 4.69. The molecule has 0 aliphatic heterocycles. The van der Waals surface area contributed by atoms with Gasteiger partial charge < -0.3 is 0 Å². The Labute approximate surface area is 80.0 Å². The summed E-state index contributed by atoms with van der Waals surface area (Å²) in [6.45, 7) is 4.45. The lowest BCUT2D eigenvalue weighted by molar-refractivity contribution is 0.582. The highest BCUT2D eigenvalue weighted by Gasteiger charge is 2.10. The van der Waals surface area contributed by atoms with Crippen molar-refractivity contribution in [2.45, 2.75) is 25.1 Å². The van der Waals surface area contributed by atoms with Gasteiger partial charge in [-0.1, -0.05) is 29.8 Å². The standard InChI is InChI=1S/C8H12BrNS/c1-6(2)5-7(9)8-10-3-4-11-8/h3-4,6-7H,5H2,1-2H3. The second-order valence-corrected chi connectivity index (χ2v) is 5.00. The maximum Gasteiger partial charge on any atom is 0.106 e. The van der Waals surface area contributed by atoms with Gasteiger partial charge in [0.25, 0.3) is 0 Å². The summed E-state index contributed by atoms with van der Waals surface area (Å²) in [7, 11) is 0. The Bertz CT molecular complexity index is 196. The van der Waals surface area contributed by atoms with Gasteiger partial charge >= 0.3 is 0 Å². The first-order valence-electron chi connectivity index (χ1n) is 3.73. The number of nitrogens with zero attached hydrogens (tertiary/aromatic N) is 1. The second-order valence-electron chi connectivity index (χ2n) is 2.97. The van der Waals surface area contributed by atoms with Crippen LogP contribution in [-0.4, -0.2) is 4.98 Å². The van der Waals surface area contributed by atoms with Crippen LogP contribution in [0, 0.1) is 5.92 Å². The molecule has 0 fully saturated rings. The molecule has 0 N–H and O–H groups in total. The fourth-order valence-corrected chi connectivity index (χ4v) is 2.72. The number of halogens is 1. The van der Waals surface area contributed by atoms with Crippen LogP contribution in [0.1, 0.15) is 30.1 Å². The fraction of sp³-hybridized carbons (Fsp3) is 0.625. The molecule has 0 aromatic carbocycles. The second kappa shape index (κ2) is 4.21. The summed E-state index contributed by atoms with van der Waals surface area (Å²) in [6, 6.07) is 0. The molecule has 0 bridgehead atoms. The van der Waals surface area contributed by atoms with Crippen molar-refractivity contribution < 1.29 is 0 Å². The summed E-state index contributed by atoms with van der Waals surface area (Å²) in [5.41, 5.74) is 0. The molecule has 1 aromatic heterocycles. The largest absolute Gasteiger partial charge is 0.249 e. The Kier molecular flexibility index (Phi) is 3.52. The molecule has 3 heteroatoms. The van der Waals surface area contributed by atoms with Gasteiger partial charge in [0.1, 0.15) is 5.01 Å². The summed E-state index contributed by atoms with van der Waals surface area (Å²) < 4.78 is 0. The van der Waals surface area contributed by atoms with Crippen molar-refractivity contribution in [3.8, 4) is 0 Å². The first kappa shape index (κ1) is 9.20. The number of hydrogen-bond donors (Lipinski definition) is 0. The molecular formula is C8H12BrNS. The van der Waals surface area contributed by atoms with E-state index in [2.05, 4.69) is 34.8 Å². The predicted octanol–water partition coefficient (Wildman–Crippen LogP) is 3.63. The molecule has 1 unspecified atom stereocenters. The topological polar surface area (TPSA) is 12.9 Å². The maximum absolute atomic E-state index is 4.24. The van der Waals surface area contributed by atoms with Gasteiger partial charge in [0, 0.05) is 11.6 Å². The SMILES string of the molecule is CC(C)CC(Br)c1nccs1. The zero-order chi connectivity index (χ0) is 8.27. The van der Waals surface area contributed by atoms with Crippen LogP contribution in [0.2, 0.25) is 0 Å². The van der Waals surface area contributed by atoms with Crippen molar-refractivity contribution in [1.82, 2.24) is 4.98 Å². The Balaban J connectivity index is 2.49. The van der Waals surface area contributed by atoms with Crippen LogP contribution < -0.4 is 0 Å². The molecule has 0 aliphatic rings. The van der Waals surface area contributed by atoms with Crippen LogP contribution in [0.25, 0.3) is 0 Å². The fourth-order valence-electron chi connectivity index (χ4n) is 0.904. The minimum absolute atomic E-state index is 0.447. The number of alkyl halides is 1. The van der Waals surface area contributed by atoms with Crippen molar-refractivity contribution in [2.75, 3.05) is 0 Å². The van der Waals surface area contributed by atoms with E-state index in [-0.39, 0.29) is 0 Å². The zero-order valence-corrected chi connectivity index (χ0v) is 9.15. The molecule has 1 aromatic rings. The molecule has 0 radical (unpaired) electrons. The lowest BCUT2D eigenvalue weighted by Gasteiger charge is -2.08. The van der Waals surface area contributed by atoms with E-state index < -0.39 is 0 Å². The van der Waals surface area contributed by atoms with Gasteiger partial charge in [-0.15, -0.1) is 11.3 Å². The molecule has 1 rings (SSSR count). The van der Waals surface area contributed by atoms with E-state index in [1.807, 2.05) is 11.6 Å². The minimum atomic E-state index is 0.447. The van der Waals surface area contributed by atoms with E-state index in [1.165, 1.54) is 5.01 Å². The van der Waals surface area contributed by atoms with Crippen LogP contribution in [-0.2, 0) is 0 Å². The zero-order valence-electron chi connectivity index (χ0n) is 6.75. The summed E-state index contributed by atoms with van der Waals surface area (Å²) in [5.74, 6) is 0.725. The van der Waals surface area contributed by atoms with Crippen LogP contribution in [0.15, 0.2) is 11.6 Å². The van der Waals surface area contributed by atoms with E-state index in [0.717, 1.165) is 12.3 Å². The molecule has 0 saturated heterocycles. The maximum atomic E-state index is 4.24. The van der Waals surface area contributed by atoms with E-state index in [4.69, 9.17) is 0 Å². The van der Waals surface area contributed by atoms with Crippen molar-refractivity contribution in [2.24, 2.45) is 5.92 Å². The first-order valence-corrected chi connectivity index (χ1v) is 5.53. The van der Waals surface area contributed by atoms with Crippen molar-refractivity contribution in [3.63, 3.8) is 0 Å². The lowest BCUT2D eigenvalue weighted by Crippen LogP contribution is -1.94. The number of thiazole rings is 1. The van der Waals surface area contributed by atoms with E-state index in [0.29, 0.717) is 4.83 Å². The van der Waals surface area contributed by atoms with Gasteiger partial charge in [-0.25, -0.2) is 4.98 Å². The lowest BCUT2D eigenvalue weighted by atomic mass is 10.1. The van der Waals surface area contributed by atoms with Crippen molar-refractivity contribution in [1.29, 1.82) is 0 Å². The third-order valence-electron chi connectivity index (χ3n) is 1.40. The van der Waals surface area contributed by atoms with Gasteiger partial charge in [0.15, 0.2) is 0 Å². The molecule has 0 aliphatic carbocycles. The highest BCUT2D eigenvalue weighted by atomic mass is 79.9. The van der Waals surface area contributed by atoms with Crippen molar-refractivity contribution in [3.05, 3.63) is 16.6 Å². The molecule has 62 valence electrons. The first-order chi connectivity index (χ1) is 5.20. The Hall–Kier alpha value is 0.110. The Morgan fingerprint density at radius 3 is 2.82 bits per heavy atom. The molecule has 0 saturated carbocycles. The van der Waals surface area contributed by atoms with Gasteiger partial charge in [0.2, 0.25) is 0 Å². The third-order valence-corrected chi connectivity index (χ3v) is 3.40. The Morgan fingerprint density at radius 1 is 1.64 bits per heavy atom. The van der Waals surface area contributed by atoms with Crippen molar-refractivity contribution >= 4 is 27.3 Å².